The van der Waals surface area contributed by atoms with E-state index in [2.05, 4.69) is 31.6 Å². The Hall–Kier alpha value is -1.43. The second-order valence-corrected chi connectivity index (χ2v) is 3.83. The molecule has 2 aromatic heterocycles. The summed E-state index contributed by atoms with van der Waals surface area (Å²) < 4.78 is 4.19. The van der Waals surface area contributed by atoms with E-state index in [0.717, 1.165) is 36.2 Å². The Kier molecular flexibility index (Phi) is 3.29. The Balaban J connectivity index is 1.78. The van der Waals surface area contributed by atoms with E-state index < -0.39 is 0 Å². The minimum Gasteiger partial charge on any atom is -0.360 e. The van der Waals surface area contributed by atoms with Crippen LogP contribution in [0.4, 0.5) is 5.13 Å². The van der Waals surface area contributed by atoms with Crippen molar-refractivity contribution >= 4 is 16.7 Å². The van der Waals surface area contributed by atoms with Gasteiger partial charge in [0.15, 0.2) is 0 Å². The van der Waals surface area contributed by atoms with E-state index in [1.807, 2.05) is 6.20 Å². The molecule has 0 saturated carbocycles. The number of imidazole rings is 1. The molecule has 6 heteroatoms. The third kappa shape index (κ3) is 2.76. The maximum absolute atomic E-state index is 4.31. The Labute approximate surface area is 92.1 Å². The van der Waals surface area contributed by atoms with Crippen molar-refractivity contribution in [2.75, 3.05) is 11.9 Å². The molecule has 0 bridgehead atoms. The second-order valence-electron chi connectivity index (χ2n) is 3.08. The fourth-order valence-corrected chi connectivity index (χ4v) is 1.87. The average molecular weight is 223 g/mol. The number of nitrogens with one attached hydrogen (secondary N) is 2. The van der Waals surface area contributed by atoms with Crippen LogP contribution in [0.5, 0.6) is 0 Å². The molecule has 2 rings (SSSR count). The topological polar surface area (TPSA) is 66.5 Å². The first-order chi connectivity index (χ1) is 7.38. The standard InChI is InChI=1S/C9H13N5S/c1-2-7-13-9(15-14-7)12-4-3-8-10-5-6-11-8/h5-6H,2-4H2,1H3,(H,10,11)(H,12,13,14). The highest BCUT2D eigenvalue weighted by Crippen LogP contribution is 2.10. The highest BCUT2D eigenvalue weighted by atomic mass is 32.1. The number of aromatic nitrogens is 4. The van der Waals surface area contributed by atoms with Crippen LogP contribution in [0.1, 0.15) is 18.6 Å². The summed E-state index contributed by atoms with van der Waals surface area (Å²) in [7, 11) is 0. The second kappa shape index (κ2) is 4.88. The van der Waals surface area contributed by atoms with Gasteiger partial charge in [-0.3, -0.25) is 0 Å². The largest absolute Gasteiger partial charge is 0.360 e. The van der Waals surface area contributed by atoms with E-state index in [0.29, 0.717) is 0 Å². The number of hydrogen-bond donors (Lipinski definition) is 2. The molecular formula is C9H13N5S. The Morgan fingerprint density at radius 1 is 1.53 bits per heavy atom. The molecule has 0 aliphatic heterocycles. The number of rotatable bonds is 5. The summed E-state index contributed by atoms with van der Waals surface area (Å²) in [4.78, 5) is 11.5. The van der Waals surface area contributed by atoms with Crippen LogP contribution in [-0.4, -0.2) is 25.9 Å². The van der Waals surface area contributed by atoms with Crippen LogP contribution in [0.2, 0.25) is 0 Å². The van der Waals surface area contributed by atoms with E-state index in [-0.39, 0.29) is 0 Å². The molecule has 0 aliphatic rings. The quantitative estimate of drug-likeness (QED) is 0.805. The van der Waals surface area contributed by atoms with Crippen molar-refractivity contribution in [1.29, 1.82) is 0 Å². The highest BCUT2D eigenvalue weighted by Gasteiger charge is 2.01. The molecule has 0 radical (unpaired) electrons. The normalized spacial score (nSPS) is 10.5. The lowest BCUT2D eigenvalue weighted by Gasteiger charge is -1.98. The fraction of sp³-hybridized carbons (Fsp3) is 0.444. The molecule has 2 aromatic rings. The molecule has 5 nitrogen and oxygen atoms in total. The molecule has 0 aliphatic carbocycles. The van der Waals surface area contributed by atoms with Crippen LogP contribution in [0.25, 0.3) is 0 Å². The molecule has 2 N–H and O–H groups in total. The van der Waals surface area contributed by atoms with E-state index in [1.165, 1.54) is 11.5 Å². The molecule has 0 atom stereocenters. The summed E-state index contributed by atoms with van der Waals surface area (Å²) in [5, 5.41) is 4.11. The number of aromatic amines is 1. The van der Waals surface area contributed by atoms with E-state index >= 15 is 0 Å². The first-order valence-corrected chi connectivity index (χ1v) is 5.70. The molecule has 0 saturated heterocycles. The Morgan fingerprint density at radius 3 is 3.13 bits per heavy atom. The molecule has 0 fully saturated rings. The van der Waals surface area contributed by atoms with Gasteiger partial charge in [0.1, 0.15) is 11.6 Å². The van der Waals surface area contributed by atoms with Crippen LogP contribution in [0.15, 0.2) is 12.4 Å². The molecule has 2 heterocycles. The lowest BCUT2D eigenvalue weighted by molar-refractivity contribution is 0.921. The molecule has 15 heavy (non-hydrogen) atoms. The summed E-state index contributed by atoms with van der Waals surface area (Å²) in [6.07, 6.45) is 5.34. The predicted molar refractivity (Wildman–Crippen MR) is 60.1 cm³/mol. The molecule has 0 amide bonds. The lowest BCUT2D eigenvalue weighted by Crippen LogP contribution is -2.05. The van der Waals surface area contributed by atoms with Gasteiger partial charge in [-0.2, -0.15) is 4.37 Å². The lowest BCUT2D eigenvalue weighted by atomic mass is 10.4. The number of hydrogen-bond acceptors (Lipinski definition) is 5. The van der Waals surface area contributed by atoms with Gasteiger partial charge >= 0.3 is 0 Å². The molecular weight excluding hydrogens is 210 g/mol. The van der Waals surface area contributed by atoms with Crippen LogP contribution >= 0.6 is 11.5 Å². The SMILES string of the molecule is CCc1nsc(NCCc2ncc[nH]2)n1. The van der Waals surface area contributed by atoms with Gasteiger partial charge in [-0.1, -0.05) is 6.92 Å². The van der Waals surface area contributed by atoms with Crippen LogP contribution in [-0.2, 0) is 12.8 Å². The maximum Gasteiger partial charge on any atom is 0.202 e. The van der Waals surface area contributed by atoms with Gasteiger partial charge in [-0.05, 0) is 0 Å². The van der Waals surface area contributed by atoms with Gasteiger partial charge in [-0.15, -0.1) is 0 Å². The molecule has 80 valence electrons. The maximum atomic E-state index is 4.31. The Bertz CT molecular complexity index is 394. The van der Waals surface area contributed by atoms with Crippen LogP contribution in [0, 0.1) is 0 Å². The Morgan fingerprint density at radius 2 is 2.47 bits per heavy atom. The van der Waals surface area contributed by atoms with Crippen molar-refractivity contribution in [2.45, 2.75) is 19.8 Å². The average Bonchev–Trinajstić information content (AvgIpc) is 2.88. The summed E-state index contributed by atoms with van der Waals surface area (Å²) in [5.74, 6) is 1.89. The van der Waals surface area contributed by atoms with Crippen molar-refractivity contribution in [3.8, 4) is 0 Å². The number of H-pyrrole nitrogens is 1. The zero-order chi connectivity index (χ0) is 10.5. The minimum atomic E-state index is 0.825. The van der Waals surface area contributed by atoms with Crippen molar-refractivity contribution in [3.05, 3.63) is 24.0 Å². The zero-order valence-electron chi connectivity index (χ0n) is 8.53. The van der Waals surface area contributed by atoms with E-state index in [4.69, 9.17) is 0 Å². The number of nitrogens with zero attached hydrogens (tertiary/aromatic N) is 3. The van der Waals surface area contributed by atoms with E-state index in [9.17, 15) is 0 Å². The van der Waals surface area contributed by atoms with Gasteiger partial charge in [-0.25, -0.2) is 9.97 Å². The van der Waals surface area contributed by atoms with Gasteiger partial charge in [0.2, 0.25) is 5.13 Å². The summed E-state index contributed by atoms with van der Waals surface area (Å²) in [5.41, 5.74) is 0. The summed E-state index contributed by atoms with van der Waals surface area (Å²) >= 11 is 1.41. The summed E-state index contributed by atoms with van der Waals surface area (Å²) in [6, 6.07) is 0. The first-order valence-electron chi connectivity index (χ1n) is 4.93. The number of aryl methyl sites for hydroxylation is 1. The van der Waals surface area contributed by atoms with E-state index in [1.54, 1.807) is 6.20 Å². The van der Waals surface area contributed by atoms with Crippen molar-refractivity contribution < 1.29 is 0 Å². The van der Waals surface area contributed by atoms with Crippen molar-refractivity contribution in [2.24, 2.45) is 0 Å². The highest BCUT2D eigenvalue weighted by molar-refractivity contribution is 7.09. The third-order valence-electron chi connectivity index (χ3n) is 1.98. The first kappa shape index (κ1) is 10.1. The van der Waals surface area contributed by atoms with Crippen molar-refractivity contribution in [3.63, 3.8) is 0 Å². The minimum absolute atomic E-state index is 0.825. The summed E-state index contributed by atoms with van der Waals surface area (Å²) in [6.45, 7) is 2.88. The molecule has 0 unspecified atom stereocenters. The zero-order valence-corrected chi connectivity index (χ0v) is 9.34. The van der Waals surface area contributed by atoms with Gasteiger partial charge in [0.05, 0.1) is 0 Å². The fourth-order valence-electron chi connectivity index (χ4n) is 1.19. The van der Waals surface area contributed by atoms with Gasteiger partial charge in [0, 0.05) is 43.3 Å². The van der Waals surface area contributed by atoms with Gasteiger partial charge in [0.25, 0.3) is 0 Å². The molecule has 0 spiro atoms. The smallest absolute Gasteiger partial charge is 0.202 e. The predicted octanol–water partition coefficient (Wildman–Crippen LogP) is 1.48. The van der Waals surface area contributed by atoms with Gasteiger partial charge < -0.3 is 10.3 Å². The molecule has 0 aromatic carbocycles. The monoisotopic (exact) mass is 223 g/mol. The van der Waals surface area contributed by atoms with Crippen molar-refractivity contribution in [1.82, 2.24) is 19.3 Å². The van der Waals surface area contributed by atoms with Crippen LogP contribution in [0.3, 0.4) is 0 Å². The number of anilines is 1. The van der Waals surface area contributed by atoms with Crippen LogP contribution < -0.4 is 5.32 Å². The third-order valence-corrected chi connectivity index (χ3v) is 2.69.